The first-order chi connectivity index (χ1) is 9.49. The van der Waals surface area contributed by atoms with Crippen LogP contribution in [0, 0.1) is 5.41 Å². The summed E-state index contributed by atoms with van der Waals surface area (Å²) in [5.41, 5.74) is 0.468. The van der Waals surface area contributed by atoms with Crippen LogP contribution in [0.5, 0.6) is 0 Å². The van der Waals surface area contributed by atoms with Crippen molar-refractivity contribution >= 4 is 0 Å². The zero-order valence-electron chi connectivity index (χ0n) is 14.5. The quantitative estimate of drug-likeness (QED) is 0.740. The number of hydrogen-bond donors (Lipinski definition) is 1. The van der Waals surface area contributed by atoms with E-state index in [0.717, 1.165) is 13.2 Å². The van der Waals surface area contributed by atoms with Crippen LogP contribution < -0.4 is 5.32 Å². The van der Waals surface area contributed by atoms with Gasteiger partial charge in [-0.1, -0.05) is 27.7 Å². The minimum Gasteiger partial charge on any atom is -0.383 e. The van der Waals surface area contributed by atoms with E-state index in [9.17, 15) is 0 Å². The molecule has 2 unspecified atom stereocenters. The highest BCUT2D eigenvalue weighted by Crippen LogP contribution is 2.38. The molecule has 3 nitrogen and oxygen atoms in total. The van der Waals surface area contributed by atoms with E-state index in [4.69, 9.17) is 4.74 Å². The van der Waals surface area contributed by atoms with E-state index in [0.29, 0.717) is 23.5 Å². The first kappa shape index (κ1) is 17.9. The number of likely N-dealkylation sites (N-methyl/N-ethyl adjacent to an activating group) is 1. The average Bonchev–Trinajstić information content (AvgIpc) is 2.42. The molecule has 1 N–H and O–H groups in total. The van der Waals surface area contributed by atoms with Gasteiger partial charge in [-0.2, -0.15) is 0 Å². The number of ether oxygens (including phenoxy) is 1. The van der Waals surface area contributed by atoms with E-state index >= 15 is 0 Å². The molecule has 0 bridgehead atoms. The molecular formula is C17H36N2O. The van der Waals surface area contributed by atoms with Crippen molar-refractivity contribution in [3.63, 3.8) is 0 Å². The molecule has 1 rings (SSSR count). The third kappa shape index (κ3) is 4.71. The highest BCUT2D eigenvalue weighted by atomic mass is 16.5. The van der Waals surface area contributed by atoms with Crippen molar-refractivity contribution < 1.29 is 4.74 Å². The van der Waals surface area contributed by atoms with Gasteiger partial charge in [0.25, 0.3) is 0 Å². The number of nitrogens with zero attached hydrogens (tertiary/aromatic N) is 1. The summed E-state index contributed by atoms with van der Waals surface area (Å²) in [7, 11) is 3.93. The maximum atomic E-state index is 5.36. The number of methoxy groups -OCH3 is 1. The van der Waals surface area contributed by atoms with Crippen LogP contribution in [-0.4, -0.2) is 50.3 Å². The van der Waals surface area contributed by atoms with E-state index < -0.39 is 0 Å². The Morgan fingerprint density at radius 1 is 1.30 bits per heavy atom. The Morgan fingerprint density at radius 3 is 2.45 bits per heavy atom. The lowest BCUT2D eigenvalue weighted by Gasteiger charge is -2.48. The van der Waals surface area contributed by atoms with Crippen molar-refractivity contribution in [1.82, 2.24) is 10.2 Å². The zero-order valence-corrected chi connectivity index (χ0v) is 14.5. The van der Waals surface area contributed by atoms with Crippen LogP contribution in [0.15, 0.2) is 0 Å². The molecule has 0 saturated heterocycles. The number of rotatable bonds is 8. The highest BCUT2D eigenvalue weighted by Gasteiger charge is 2.38. The maximum Gasteiger partial charge on any atom is 0.0589 e. The standard InChI is InChI=1S/C17H36N2O/c1-7-14(8-2)19(11-12-20-6)16-13-17(3,4)10-9-15(16)18-5/h14-16,18H,7-13H2,1-6H3. The van der Waals surface area contributed by atoms with Crippen LogP contribution in [0.2, 0.25) is 0 Å². The van der Waals surface area contributed by atoms with Crippen molar-refractivity contribution in [2.45, 2.75) is 77.9 Å². The fourth-order valence-corrected chi connectivity index (χ4v) is 3.81. The van der Waals surface area contributed by atoms with Crippen LogP contribution in [0.1, 0.15) is 59.8 Å². The Hall–Kier alpha value is -0.120. The van der Waals surface area contributed by atoms with Crippen LogP contribution >= 0.6 is 0 Å². The van der Waals surface area contributed by atoms with Crippen molar-refractivity contribution in [2.24, 2.45) is 5.41 Å². The topological polar surface area (TPSA) is 24.5 Å². The molecule has 1 aliphatic carbocycles. The Kier molecular flexibility index (Phi) is 7.49. The summed E-state index contributed by atoms with van der Waals surface area (Å²) >= 11 is 0. The van der Waals surface area contributed by atoms with Gasteiger partial charge in [0.1, 0.15) is 0 Å². The van der Waals surface area contributed by atoms with Gasteiger partial charge < -0.3 is 10.1 Å². The summed E-state index contributed by atoms with van der Waals surface area (Å²) in [5, 5.41) is 3.57. The van der Waals surface area contributed by atoms with Gasteiger partial charge in [0.15, 0.2) is 0 Å². The molecule has 1 fully saturated rings. The van der Waals surface area contributed by atoms with E-state index in [1.165, 1.54) is 32.1 Å². The summed E-state index contributed by atoms with van der Waals surface area (Å²) < 4.78 is 5.36. The van der Waals surface area contributed by atoms with Crippen molar-refractivity contribution in [2.75, 3.05) is 27.3 Å². The van der Waals surface area contributed by atoms with Gasteiger partial charge in [-0.05, 0) is 44.6 Å². The predicted octanol–water partition coefficient (Wildman–Crippen LogP) is 3.29. The molecule has 2 atom stereocenters. The van der Waals surface area contributed by atoms with Crippen molar-refractivity contribution in [1.29, 1.82) is 0 Å². The number of nitrogens with one attached hydrogen (secondary N) is 1. The lowest BCUT2D eigenvalue weighted by molar-refractivity contribution is 0.0176. The third-order valence-corrected chi connectivity index (χ3v) is 5.12. The van der Waals surface area contributed by atoms with E-state index in [1.807, 2.05) is 7.11 Å². The van der Waals surface area contributed by atoms with Gasteiger partial charge in [0.2, 0.25) is 0 Å². The lowest BCUT2D eigenvalue weighted by atomic mass is 9.72. The predicted molar refractivity (Wildman–Crippen MR) is 87.2 cm³/mol. The summed E-state index contributed by atoms with van der Waals surface area (Å²) in [6.07, 6.45) is 6.37. The average molecular weight is 284 g/mol. The molecule has 120 valence electrons. The molecule has 1 saturated carbocycles. The Balaban J connectivity index is 2.88. The zero-order chi connectivity index (χ0) is 15.2. The van der Waals surface area contributed by atoms with E-state index in [1.54, 1.807) is 0 Å². The Morgan fingerprint density at radius 2 is 1.95 bits per heavy atom. The van der Waals surface area contributed by atoms with Crippen molar-refractivity contribution in [3.8, 4) is 0 Å². The first-order valence-corrected chi connectivity index (χ1v) is 8.41. The normalized spacial score (nSPS) is 26.4. The molecule has 0 aromatic heterocycles. The molecule has 0 heterocycles. The lowest BCUT2D eigenvalue weighted by Crippen LogP contribution is -2.57. The summed E-state index contributed by atoms with van der Waals surface area (Å²) in [6, 6.07) is 1.95. The molecule has 3 heteroatoms. The highest BCUT2D eigenvalue weighted by molar-refractivity contribution is 4.95. The Bertz CT molecular complexity index is 264. The largest absolute Gasteiger partial charge is 0.383 e. The fourth-order valence-electron chi connectivity index (χ4n) is 3.81. The minimum absolute atomic E-state index is 0.468. The Labute approximate surface area is 126 Å². The molecule has 1 aliphatic rings. The first-order valence-electron chi connectivity index (χ1n) is 8.41. The molecule has 20 heavy (non-hydrogen) atoms. The van der Waals surface area contributed by atoms with Gasteiger partial charge in [-0.15, -0.1) is 0 Å². The fraction of sp³-hybridized carbons (Fsp3) is 1.00. The second kappa shape index (κ2) is 8.35. The van der Waals surface area contributed by atoms with Crippen LogP contribution in [0.25, 0.3) is 0 Å². The van der Waals surface area contributed by atoms with Crippen molar-refractivity contribution in [3.05, 3.63) is 0 Å². The molecule has 0 aromatic rings. The summed E-state index contributed by atoms with van der Waals surface area (Å²) in [4.78, 5) is 2.73. The second-order valence-electron chi connectivity index (χ2n) is 7.07. The third-order valence-electron chi connectivity index (χ3n) is 5.12. The molecular weight excluding hydrogens is 248 g/mol. The molecule has 0 aliphatic heterocycles. The van der Waals surface area contributed by atoms with E-state index in [2.05, 4.69) is 45.0 Å². The van der Waals surface area contributed by atoms with Crippen LogP contribution in [-0.2, 0) is 4.74 Å². The number of hydrogen-bond acceptors (Lipinski definition) is 3. The summed E-state index contributed by atoms with van der Waals surface area (Å²) in [5.74, 6) is 0. The molecule has 0 aromatic carbocycles. The SMILES string of the molecule is CCC(CC)N(CCOC)C1CC(C)(C)CCC1NC. The smallest absolute Gasteiger partial charge is 0.0589 e. The summed E-state index contributed by atoms with van der Waals surface area (Å²) in [6.45, 7) is 11.4. The van der Waals surface area contributed by atoms with E-state index in [-0.39, 0.29) is 0 Å². The maximum absolute atomic E-state index is 5.36. The molecule has 0 spiro atoms. The van der Waals surface area contributed by atoms with Gasteiger partial charge in [0, 0.05) is 31.8 Å². The monoisotopic (exact) mass is 284 g/mol. The van der Waals surface area contributed by atoms with Crippen LogP contribution in [0.3, 0.4) is 0 Å². The van der Waals surface area contributed by atoms with Gasteiger partial charge >= 0.3 is 0 Å². The van der Waals surface area contributed by atoms with Crippen LogP contribution in [0.4, 0.5) is 0 Å². The van der Waals surface area contributed by atoms with Gasteiger partial charge in [0.05, 0.1) is 6.61 Å². The van der Waals surface area contributed by atoms with Gasteiger partial charge in [-0.25, -0.2) is 0 Å². The minimum atomic E-state index is 0.468. The second-order valence-corrected chi connectivity index (χ2v) is 7.07. The van der Waals surface area contributed by atoms with Gasteiger partial charge in [-0.3, -0.25) is 4.90 Å². The molecule has 0 amide bonds. The molecule has 0 radical (unpaired) electrons.